The van der Waals surface area contributed by atoms with Crippen LogP contribution in [0, 0.1) is 18.3 Å². The van der Waals surface area contributed by atoms with Crippen molar-refractivity contribution in [3.8, 4) is 11.9 Å². The number of hydrogen-bond acceptors (Lipinski definition) is 5. The Hall–Kier alpha value is -3.27. The Morgan fingerprint density at radius 2 is 2.19 bits per heavy atom. The van der Waals surface area contributed by atoms with Gasteiger partial charge in [-0.05, 0) is 31.4 Å². The van der Waals surface area contributed by atoms with Crippen molar-refractivity contribution < 1.29 is 9.53 Å². The summed E-state index contributed by atoms with van der Waals surface area (Å²) < 4.78 is 5.60. The van der Waals surface area contributed by atoms with Crippen LogP contribution in [-0.4, -0.2) is 16.1 Å². The fraction of sp³-hybridized carbons (Fsp3) is 0.316. The van der Waals surface area contributed by atoms with Crippen molar-refractivity contribution in [2.75, 3.05) is 5.32 Å². The van der Waals surface area contributed by atoms with E-state index in [1.54, 1.807) is 0 Å². The van der Waals surface area contributed by atoms with Crippen LogP contribution in [0.2, 0.25) is 0 Å². The molecule has 2 aliphatic rings. The number of carbonyl (C=O) groups is 1. The standard InChI is InChI=1S/C19H19N5O2/c1-3-4-7-13-15-17(24-23-13)26-16(21)11(9-20)19(15)14-10(2)6-5-8-12(14)22-18(19)25/h5-6,8H,3-4,7,21H2,1-2H3,(H,22,25)(H,23,24)/t19-/m0/s1. The molecule has 1 amide bonds. The van der Waals surface area contributed by atoms with E-state index in [9.17, 15) is 10.1 Å². The lowest BCUT2D eigenvalue weighted by atomic mass is 9.67. The van der Waals surface area contributed by atoms with Gasteiger partial charge in [0.05, 0.1) is 5.56 Å². The van der Waals surface area contributed by atoms with Crippen LogP contribution < -0.4 is 15.8 Å². The van der Waals surface area contributed by atoms with Gasteiger partial charge < -0.3 is 15.8 Å². The van der Waals surface area contributed by atoms with Crippen molar-refractivity contribution in [3.05, 3.63) is 52.0 Å². The van der Waals surface area contributed by atoms with E-state index >= 15 is 0 Å². The van der Waals surface area contributed by atoms with E-state index in [1.807, 2.05) is 25.1 Å². The number of benzene rings is 1. The molecule has 7 heteroatoms. The smallest absolute Gasteiger partial charge is 0.245 e. The number of nitriles is 1. The van der Waals surface area contributed by atoms with Gasteiger partial charge in [0.2, 0.25) is 17.7 Å². The number of unbranched alkanes of at least 4 members (excludes halogenated alkanes) is 1. The monoisotopic (exact) mass is 349 g/mol. The molecule has 0 radical (unpaired) electrons. The Balaban J connectivity index is 2.10. The highest BCUT2D eigenvalue weighted by Gasteiger charge is 2.59. The second-order valence-electron chi connectivity index (χ2n) is 6.64. The first-order chi connectivity index (χ1) is 12.6. The average Bonchev–Trinajstić information content (AvgIpc) is 3.14. The highest BCUT2D eigenvalue weighted by Crippen LogP contribution is 2.54. The third-order valence-corrected chi connectivity index (χ3v) is 5.14. The number of nitrogens with zero attached hydrogens (tertiary/aromatic N) is 2. The summed E-state index contributed by atoms with van der Waals surface area (Å²) in [5.74, 6) is -0.122. The summed E-state index contributed by atoms with van der Waals surface area (Å²) in [6.45, 7) is 4.02. The maximum absolute atomic E-state index is 13.3. The summed E-state index contributed by atoms with van der Waals surface area (Å²) in [4.78, 5) is 13.3. The number of hydrogen-bond donors (Lipinski definition) is 3. The average molecular weight is 349 g/mol. The van der Waals surface area contributed by atoms with Gasteiger partial charge in [-0.2, -0.15) is 5.26 Å². The number of nitrogens with one attached hydrogen (secondary N) is 2. The number of aromatic amines is 1. The number of ether oxygens (including phenoxy) is 1. The predicted molar refractivity (Wildman–Crippen MR) is 95.2 cm³/mol. The highest BCUT2D eigenvalue weighted by atomic mass is 16.5. The molecule has 0 bridgehead atoms. The Morgan fingerprint density at radius 1 is 1.38 bits per heavy atom. The molecule has 0 saturated carbocycles. The van der Waals surface area contributed by atoms with Crippen molar-refractivity contribution in [2.24, 2.45) is 5.73 Å². The molecule has 1 spiro atoms. The van der Waals surface area contributed by atoms with Crippen LogP contribution in [0.1, 0.15) is 42.1 Å². The van der Waals surface area contributed by atoms with Crippen LogP contribution in [0.3, 0.4) is 0 Å². The summed E-state index contributed by atoms with van der Waals surface area (Å²) in [6, 6.07) is 7.76. The molecular formula is C19H19N5O2. The van der Waals surface area contributed by atoms with Crippen molar-refractivity contribution in [3.63, 3.8) is 0 Å². The number of aromatic nitrogens is 2. The number of nitrogens with two attached hydrogens (primary N) is 1. The molecule has 2 aromatic rings. The molecule has 2 aliphatic heterocycles. The zero-order chi connectivity index (χ0) is 18.5. The van der Waals surface area contributed by atoms with E-state index in [1.165, 1.54) is 0 Å². The van der Waals surface area contributed by atoms with Crippen LogP contribution in [0.5, 0.6) is 5.88 Å². The number of H-pyrrole nitrogens is 1. The van der Waals surface area contributed by atoms with Gasteiger partial charge in [0.25, 0.3) is 0 Å². The van der Waals surface area contributed by atoms with Gasteiger partial charge in [-0.1, -0.05) is 25.5 Å². The minimum atomic E-state index is -1.33. The molecular weight excluding hydrogens is 330 g/mol. The molecule has 1 aromatic heterocycles. The fourth-order valence-corrected chi connectivity index (χ4v) is 4.03. The number of aryl methyl sites for hydroxylation is 2. The van der Waals surface area contributed by atoms with E-state index in [0.29, 0.717) is 17.7 Å². The third-order valence-electron chi connectivity index (χ3n) is 5.14. The summed E-state index contributed by atoms with van der Waals surface area (Å²) >= 11 is 0. The molecule has 1 aromatic carbocycles. The molecule has 0 aliphatic carbocycles. The number of rotatable bonds is 3. The molecule has 7 nitrogen and oxygen atoms in total. The first-order valence-corrected chi connectivity index (χ1v) is 8.63. The molecule has 3 heterocycles. The van der Waals surface area contributed by atoms with E-state index < -0.39 is 5.41 Å². The first kappa shape index (κ1) is 16.2. The SMILES string of the molecule is CCCCc1[nH]nc2c1[C@]1(C(=O)Nc3cccc(C)c31)C(C#N)=C(N)O2. The number of carbonyl (C=O) groups excluding carboxylic acids is 1. The number of anilines is 1. The van der Waals surface area contributed by atoms with Gasteiger partial charge >= 0.3 is 0 Å². The van der Waals surface area contributed by atoms with Gasteiger partial charge in [0.15, 0.2) is 0 Å². The van der Waals surface area contributed by atoms with E-state index in [0.717, 1.165) is 29.7 Å². The van der Waals surface area contributed by atoms with E-state index in [4.69, 9.17) is 10.5 Å². The summed E-state index contributed by atoms with van der Waals surface area (Å²) in [5.41, 5.74) is 8.54. The fourth-order valence-electron chi connectivity index (χ4n) is 4.03. The second-order valence-corrected chi connectivity index (χ2v) is 6.64. The van der Waals surface area contributed by atoms with Gasteiger partial charge in [0, 0.05) is 16.9 Å². The molecule has 132 valence electrons. The minimum Gasteiger partial charge on any atom is -0.420 e. The van der Waals surface area contributed by atoms with Crippen molar-refractivity contribution >= 4 is 11.6 Å². The normalized spacial score (nSPS) is 20.4. The topological polar surface area (TPSA) is 117 Å². The van der Waals surface area contributed by atoms with Crippen molar-refractivity contribution in [1.82, 2.24) is 10.2 Å². The molecule has 4 rings (SSSR count). The van der Waals surface area contributed by atoms with Gasteiger partial charge in [0.1, 0.15) is 17.1 Å². The zero-order valence-electron chi connectivity index (χ0n) is 14.6. The van der Waals surface area contributed by atoms with Crippen LogP contribution in [-0.2, 0) is 16.6 Å². The molecule has 0 saturated heterocycles. The van der Waals surface area contributed by atoms with Crippen LogP contribution in [0.25, 0.3) is 0 Å². The van der Waals surface area contributed by atoms with Crippen LogP contribution in [0.4, 0.5) is 5.69 Å². The van der Waals surface area contributed by atoms with Gasteiger partial charge in [-0.3, -0.25) is 9.89 Å². The summed E-state index contributed by atoms with van der Waals surface area (Å²) in [5, 5.41) is 20.0. The summed E-state index contributed by atoms with van der Waals surface area (Å²) in [7, 11) is 0. The molecule has 0 fully saturated rings. The Kier molecular flexibility index (Phi) is 3.51. The van der Waals surface area contributed by atoms with Crippen molar-refractivity contribution in [2.45, 2.75) is 38.5 Å². The Morgan fingerprint density at radius 3 is 2.92 bits per heavy atom. The molecule has 26 heavy (non-hydrogen) atoms. The Bertz CT molecular complexity index is 998. The first-order valence-electron chi connectivity index (χ1n) is 8.63. The zero-order valence-corrected chi connectivity index (χ0v) is 14.6. The van der Waals surface area contributed by atoms with Gasteiger partial charge in [-0.25, -0.2) is 0 Å². The van der Waals surface area contributed by atoms with Crippen LogP contribution in [0.15, 0.2) is 29.7 Å². The van der Waals surface area contributed by atoms with Crippen LogP contribution >= 0.6 is 0 Å². The van der Waals surface area contributed by atoms with Gasteiger partial charge in [-0.15, -0.1) is 5.10 Å². The molecule has 0 unspecified atom stereocenters. The van der Waals surface area contributed by atoms with Crippen molar-refractivity contribution in [1.29, 1.82) is 5.26 Å². The second kappa shape index (κ2) is 5.63. The lowest BCUT2D eigenvalue weighted by Gasteiger charge is -2.32. The quantitative estimate of drug-likeness (QED) is 0.786. The third kappa shape index (κ3) is 1.87. The maximum atomic E-state index is 13.3. The maximum Gasteiger partial charge on any atom is 0.245 e. The van der Waals surface area contributed by atoms with E-state index in [-0.39, 0.29) is 23.2 Å². The van der Waals surface area contributed by atoms with E-state index in [2.05, 4.69) is 28.5 Å². The lowest BCUT2D eigenvalue weighted by molar-refractivity contribution is -0.118. The highest BCUT2D eigenvalue weighted by molar-refractivity contribution is 6.13. The number of amides is 1. The number of fused-ring (bicyclic) bond motifs is 4. The molecule has 1 atom stereocenters. The minimum absolute atomic E-state index is 0.0835. The lowest BCUT2D eigenvalue weighted by Crippen LogP contribution is -2.43. The predicted octanol–water partition coefficient (Wildman–Crippen LogP) is 2.39. The molecule has 4 N–H and O–H groups in total. The Labute approximate surface area is 150 Å². The summed E-state index contributed by atoms with van der Waals surface area (Å²) in [6.07, 6.45) is 2.62. The largest absolute Gasteiger partial charge is 0.420 e.